The van der Waals surface area contributed by atoms with Crippen LogP contribution in [0.15, 0.2) is 218 Å². The van der Waals surface area contributed by atoms with Crippen LogP contribution < -0.4 is 26.2 Å². The SMILES string of the molecule is CC(C)(C)c1ccc2c(c1)c1cc(C(C)(C)C)ccc1n2-c1cc2c3c(c1)N(c1ccc(-c4ccc5c(c4)C(C)(C)CC5(C)C)cc1)c1ccc(-c4ccccc4C(C)(C)C)cc1B3c1cc(-c3ccccc3C(C)(C)C)ccc1N2c1ccc(-c2ccc3c(c2)C(C)(C)CC3(C)C)cc1. The van der Waals surface area contributed by atoms with Gasteiger partial charge in [-0.25, -0.2) is 0 Å². The van der Waals surface area contributed by atoms with Crippen LogP contribution in [0, 0.1) is 0 Å². The third-order valence-electron chi connectivity index (χ3n) is 23.5. The summed E-state index contributed by atoms with van der Waals surface area (Å²) >= 11 is 0. The highest BCUT2D eigenvalue weighted by molar-refractivity contribution is 7.00. The predicted octanol–water partition coefficient (Wildman–Crippen LogP) is 24.6. The Morgan fingerprint density at radius 1 is 0.300 bits per heavy atom. The molecule has 4 aliphatic rings. The standard InChI is InChI=1S/C96H100BN3/c1-89(2,3)65-37-47-82-72(53-65)73-54-66(90(4,5)6)38-48-83(73)100(82)69-55-86-88-87(56-69)99(68-41-31-60(32-42-68)62-34-44-77-79(50-62)96(19,20)58-94(77,15)16)85-46-36-64(71-26-22-24-28-75(71)92(10,11)12)52-81(85)97(88)80-51-63(70-25-21-23-27-74(70)91(7,8)9)35-45-84(80)98(86)67-39-29-59(30-40-67)61-33-43-76-78(49-61)95(17,18)57-93(76,13)14/h21-56H,57-58H2,1-20H3. The van der Waals surface area contributed by atoms with Gasteiger partial charge in [-0.15, -0.1) is 0 Å². The Morgan fingerprint density at radius 2 is 0.660 bits per heavy atom. The van der Waals surface area contributed by atoms with Crippen LogP contribution in [0.2, 0.25) is 0 Å². The monoisotopic (exact) mass is 1310 g/mol. The van der Waals surface area contributed by atoms with E-state index in [-0.39, 0.29) is 50.0 Å². The fourth-order valence-electron chi connectivity index (χ4n) is 19.0. The summed E-state index contributed by atoms with van der Waals surface area (Å²) in [6, 6.07) is 86.6. The first-order valence-corrected chi connectivity index (χ1v) is 36.9. The molecule has 3 nitrogen and oxygen atoms in total. The maximum Gasteiger partial charge on any atom is 0.252 e. The van der Waals surface area contributed by atoms with Crippen molar-refractivity contribution >= 4 is 79.0 Å². The van der Waals surface area contributed by atoms with Crippen LogP contribution in [-0.4, -0.2) is 11.3 Å². The average Bonchev–Trinajstić information content (AvgIpc) is 0.766. The van der Waals surface area contributed by atoms with Gasteiger partial charge >= 0.3 is 0 Å². The van der Waals surface area contributed by atoms with Crippen molar-refractivity contribution in [3.8, 4) is 50.2 Å². The van der Waals surface area contributed by atoms with E-state index in [1.54, 1.807) is 0 Å². The van der Waals surface area contributed by atoms with Crippen molar-refractivity contribution in [3.05, 3.63) is 263 Å². The summed E-state index contributed by atoms with van der Waals surface area (Å²) in [6.45, 7) is 47.4. The summed E-state index contributed by atoms with van der Waals surface area (Å²) in [5.74, 6) is 0. The largest absolute Gasteiger partial charge is 0.311 e. The Hall–Kier alpha value is -9.12. The Balaban J connectivity index is 1.00. The van der Waals surface area contributed by atoms with Gasteiger partial charge in [-0.05, 0) is 234 Å². The van der Waals surface area contributed by atoms with Crippen LogP contribution >= 0.6 is 0 Å². The van der Waals surface area contributed by atoms with Crippen LogP contribution in [0.4, 0.5) is 34.1 Å². The smallest absolute Gasteiger partial charge is 0.252 e. The van der Waals surface area contributed by atoms with Crippen molar-refractivity contribution in [2.75, 3.05) is 9.80 Å². The lowest BCUT2D eigenvalue weighted by Gasteiger charge is -2.45. The van der Waals surface area contributed by atoms with E-state index in [4.69, 9.17) is 0 Å². The van der Waals surface area contributed by atoms with Crippen molar-refractivity contribution < 1.29 is 0 Å². The number of aromatic nitrogens is 1. The van der Waals surface area contributed by atoms with Crippen LogP contribution in [0.3, 0.4) is 0 Å². The fraction of sp³-hybridized carbons (Fsp3) is 0.312. The molecule has 3 heterocycles. The maximum atomic E-state index is 2.64. The summed E-state index contributed by atoms with van der Waals surface area (Å²) in [4.78, 5) is 5.27. The van der Waals surface area contributed by atoms with Crippen molar-refractivity contribution in [3.63, 3.8) is 0 Å². The lowest BCUT2D eigenvalue weighted by Crippen LogP contribution is -2.61. The molecule has 2 aliphatic carbocycles. The van der Waals surface area contributed by atoms with Gasteiger partial charge in [0, 0.05) is 44.9 Å². The second-order valence-corrected chi connectivity index (χ2v) is 36.9. The number of anilines is 6. The molecule has 0 bridgehead atoms. The molecule has 4 heteroatoms. The lowest BCUT2D eigenvalue weighted by molar-refractivity contribution is 0.402. The molecule has 16 rings (SSSR count). The second-order valence-electron chi connectivity index (χ2n) is 36.9. The third kappa shape index (κ3) is 10.6. The minimum Gasteiger partial charge on any atom is -0.311 e. The molecule has 100 heavy (non-hydrogen) atoms. The van der Waals surface area contributed by atoms with Gasteiger partial charge in [-0.1, -0.05) is 284 Å². The molecule has 0 saturated heterocycles. The van der Waals surface area contributed by atoms with Gasteiger partial charge in [-0.2, -0.15) is 0 Å². The molecule has 0 spiro atoms. The number of benzene rings is 11. The second kappa shape index (κ2) is 22.2. The molecule has 0 radical (unpaired) electrons. The zero-order chi connectivity index (χ0) is 70.5. The van der Waals surface area contributed by atoms with Crippen LogP contribution in [0.5, 0.6) is 0 Å². The van der Waals surface area contributed by atoms with E-state index in [2.05, 4.69) is 371 Å². The van der Waals surface area contributed by atoms with Crippen LogP contribution in [0.25, 0.3) is 72.0 Å². The normalized spacial score (nSPS) is 16.4. The lowest BCUT2D eigenvalue weighted by atomic mass is 9.33. The van der Waals surface area contributed by atoms with Gasteiger partial charge in [0.1, 0.15) is 0 Å². The zero-order valence-electron chi connectivity index (χ0n) is 63.1. The van der Waals surface area contributed by atoms with E-state index in [1.165, 1.54) is 150 Å². The summed E-state index contributed by atoms with van der Waals surface area (Å²) in [5.41, 5.74) is 35.7. The number of fused-ring (bicyclic) bond motifs is 9. The first-order chi connectivity index (χ1) is 47.1. The third-order valence-corrected chi connectivity index (χ3v) is 23.5. The summed E-state index contributed by atoms with van der Waals surface area (Å²) in [5, 5.41) is 2.55. The van der Waals surface area contributed by atoms with E-state index in [0.717, 1.165) is 29.9 Å². The molecule has 2 aliphatic heterocycles. The molecule has 0 atom stereocenters. The number of hydrogen-bond acceptors (Lipinski definition) is 2. The van der Waals surface area contributed by atoms with Crippen molar-refractivity contribution in [2.45, 2.75) is 195 Å². The quantitative estimate of drug-likeness (QED) is 0.147. The van der Waals surface area contributed by atoms with Crippen LogP contribution in [-0.2, 0) is 43.3 Å². The molecule has 0 unspecified atom stereocenters. The van der Waals surface area contributed by atoms with Crippen molar-refractivity contribution in [1.82, 2.24) is 4.57 Å². The molecule has 0 fully saturated rings. The number of nitrogens with zero attached hydrogens (tertiary/aromatic N) is 3. The van der Waals surface area contributed by atoms with Gasteiger partial charge in [0.05, 0.1) is 16.7 Å². The predicted molar refractivity (Wildman–Crippen MR) is 433 cm³/mol. The van der Waals surface area contributed by atoms with E-state index < -0.39 is 0 Å². The fourth-order valence-corrected chi connectivity index (χ4v) is 19.0. The minimum atomic E-state index is -0.168. The molecular formula is C96H100BN3. The first-order valence-electron chi connectivity index (χ1n) is 36.9. The van der Waals surface area contributed by atoms with E-state index >= 15 is 0 Å². The van der Waals surface area contributed by atoms with Gasteiger partial charge in [-0.3, -0.25) is 0 Å². The van der Waals surface area contributed by atoms with Crippen LogP contribution in [0.1, 0.15) is 196 Å². The summed E-state index contributed by atoms with van der Waals surface area (Å²) in [6.07, 6.45) is 2.27. The Labute approximate surface area is 597 Å². The maximum absolute atomic E-state index is 2.64. The van der Waals surface area contributed by atoms with Gasteiger partial charge in [0.2, 0.25) is 0 Å². The highest BCUT2D eigenvalue weighted by Gasteiger charge is 2.47. The van der Waals surface area contributed by atoms with E-state index in [0.29, 0.717) is 0 Å². The Morgan fingerprint density at radius 3 is 1.04 bits per heavy atom. The molecule has 0 amide bonds. The number of hydrogen-bond donors (Lipinski definition) is 0. The topological polar surface area (TPSA) is 11.4 Å². The van der Waals surface area contributed by atoms with Crippen molar-refractivity contribution in [2.24, 2.45) is 0 Å². The Kier molecular flexibility index (Phi) is 14.5. The molecule has 1 aromatic heterocycles. The van der Waals surface area contributed by atoms with Crippen molar-refractivity contribution in [1.29, 1.82) is 0 Å². The molecule has 11 aromatic carbocycles. The Bertz CT molecular complexity index is 5020. The molecular weight excluding hydrogens is 1210 g/mol. The molecule has 0 N–H and O–H groups in total. The van der Waals surface area contributed by atoms with E-state index in [1.807, 2.05) is 0 Å². The zero-order valence-corrected chi connectivity index (χ0v) is 63.1. The molecule has 12 aromatic rings. The highest BCUT2D eigenvalue weighted by atomic mass is 15.2. The van der Waals surface area contributed by atoms with E-state index in [9.17, 15) is 0 Å². The molecule has 502 valence electrons. The van der Waals surface area contributed by atoms with Gasteiger partial charge in [0.25, 0.3) is 6.71 Å². The van der Waals surface area contributed by atoms with Gasteiger partial charge in [0.15, 0.2) is 0 Å². The highest BCUT2D eigenvalue weighted by Crippen LogP contribution is 2.54. The summed E-state index contributed by atoms with van der Waals surface area (Å²) < 4.78 is 2.59. The molecule has 0 saturated carbocycles. The average molecular weight is 1310 g/mol. The minimum absolute atomic E-state index is 0.0480. The first kappa shape index (κ1) is 65.5. The summed E-state index contributed by atoms with van der Waals surface area (Å²) in [7, 11) is 0. The number of rotatable bonds is 7. The van der Waals surface area contributed by atoms with Gasteiger partial charge < -0.3 is 14.4 Å².